The van der Waals surface area contributed by atoms with E-state index < -0.39 is 17.9 Å². The fourth-order valence-corrected chi connectivity index (χ4v) is 2.08. The fraction of sp³-hybridized carbons (Fsp3) is 0.250. The molecule has 0 radical (unpaired) electrons. The molecule has 1 unspecified atom stereocenters. The second kappa shape index (κ2) is 6.80. The summed E-state index contributed by atoms with van der Waals surface area (Å²) in [6.07, 6.45) is 0. The molecule has 0 fully saturated rings. The lowest BCUT2D eigenvalue weighted by Gasteiger charge is -2.11. The first-order chi connectivity index (χ1) is 8.50. The van der Waals surface area contributed by atoms with Gasteiger partial charge in [0.25, 0.3) is 0 Å². The Labute approximate surface area is 109 Å². The van der Waals surface area contributed by atoms with Crippen LogP contribution in [0.4, 0.5) is 0 Å². The van der Waals surface area contributed by atoms with Gasteiger partial charge in [0, 0.05) is 18.2 Å². The highest BCUT2D eigenvalue weighted by Gasteiger charge is 2.20. The van der Waals surface area contributed by atoms with Crippen molar-refractivity contribution >= 4 is 28.8 Å². The number of carbonyl (C=O) groups is 3. The normalized spacial score (nSPS) is 11.6. The highest BCUT2D eigenvalue weighted by molar-refractivity contribution is 8.14. The minimum Gasteiger partial charge on any atom is -0.480 e. The highest BCUT2D eigenvalue weighted by Crippen LogP contribution is 2.13. The lowest BCUT2D eigenvalue weighted by Crippen LogP contribution is -2.41. The zero-order chi connectivity index (χ0) is 13.5. The molecular formula is C12H13NO4S. The van der Waals surface area contributed by atoms with E-state index in [1.165, 1.54) is 6.92 Å². The van der Waals surface area contributed by atoms with E-state index in [1.54, 1.807) is 30.3 Å². The van der Waals surface area contributed by atoms with Gasteiger partial charge in [0.15, 0.2) is 0 Å². The van der Waals surface area contributed by atoms with Gasteiger partial charge in [0.05, 0.1) is 0 Å². The van der Waals surface area contributed by atoms with Gasteiger partial charge in [0.2, 0.25) is 11.0 Å². The van der Waals surface area contributed by atoms with Crippen molar-refractivity contribution in [3.8, 4) is 0 Å². The van der Waals surface area contributed by atoms with E-state index in [4.69, 9.17) is 5.11 Å². The summed E-state index contributed by atoms with van der Waals surface area (Å²) in [7, 11) is 0. The molecule has 1 amide bonds. The van der Waals surface area contributed by atoms with Crippen molar-refractivity contribution in [3.63, 3.8) is 0 Å². The van der Waals surface area contributed by atoms with Crippen molar-refractivity contribution in [3.05, 3.63) is 35.9 Å². The quantitative estimate of drug-likeness (QED) is 0.836. The van der Waals surface area contributed by atoms with Crippen molar-refractivity contribution < 1.29 is 19.5 Å². The van der Waals surface area contributed by atoms with Crippen molar-refractivity contribution in [1.29, 1.82) is 0 Å². The molecule has 0 aliphatic heterocycles. The molecule has 1 rings (SSSR count). The molecule has 1 atom stereocenters. The Morgan fingerprint density at radius 2 is 1.89 bits per heavy atom. The van der Waals surface area contributed by atoms with Crippen LogP contribution in [-0.2, 0) is 9.59 Å². The zero-order valence-corrected chi connectivity index (χ0v) is 10.6. The molecule has 0 aliphatic rings. The van der Waals surface area contributed by atoms with Crippen molar-refractivity contribution in [1.82, 2.24) is 5.32 Å². The van der Waals surface area contributed by atoms with Gasteiger partial charge in [-0.1, -0.05) is 42.1 Å². The minimum absolute atomic E-state index is 0.00262. The predicted octanol–water partition coefficient (Wildman–Crippen LogP) is 1.15. The van der Waals surface area contributed by atoms with Gasteiger partial charge >= 0.3 is 5.97 Å². The van der Waals surface area contributed by atoms with Crippen LogP contribution in [0.3, 0.4) is 0 Å². The summed E-state index contributed by atoms with van der Waals surface area (Å²) >= 11 is 0.873. The molecule has 1 aromatic carbocycles. The summed E-state index contributed by atoms with van der Waals surface area (Å²) in [5.74, 6) is -1.59. The summed E-state index contributed by atoms with van der Waals surface area (Å²) < 4.78 is 0. The van der Waals surface area contributed by atoms with Crippen LogP contribution in [0.5, 0.6) is 0 Å². The van der Waals surface area contributed by atoms with E-state index in [-0.39, 0.29) is 10.9 Å². The zero-order valence-electron chi connectivity index (χ0n) is 9.75. The van der Waals surface area contributed by atoms with E-state index in [0.717, 1.165) is 11.8 Å². The Morgan fingerprint density at radius 3 is 2.39 bits per heavy atom. The Bertz CT molecular complexity index is 447. The second-order valence-electron chi connectivity index (χ2n) is 3.56. The molecule has 0 saturated carbocycles. The van der Waals surface area contributed by atoms with Gasteiger partial charge in [-0.3, -0.25) is 9.59 Å². The first-order valence-corrected chi connectivity index (χ1v) is 6.21. The summed E-state index contributed by atoms with van der Waals surface area (Å²) in [6.45, 7) is 1.24. The monoisotopic (exact) mass is 267 g/mol. The molecule has 0 bridgehead atoms. The smallest absolute Gasteiger partial charge is 0.327 e. The Balaban J connectivity index is 2.55. The molecule has 2 N–H and O–H groups in total. The topological polar surface area (TPSA) is 83.5 Å². The van der Waals surface area contributed by atoms with Crippen LogP contribution in [0.25, 0.3) is 0 Å². The summed E-state index contributed by atoms with van der Waals surface area (Å²) in [4.78, 5) is 33.4. The van der Waals surface area contributed by atoms with E-state index in [2.05, 4.69) is 5.32 Å². The second-order valence-corrected chi connectivity index (χ2v) is 4.55. The molecule has 0 aliphatic carbocycles. The maximum Gasteiger partial charge on any atom is 0.327 e. The van der Waals surface area contributed by atoms with Crippen LogP contribution < -0.4 is 5.32 Å². The average molecular weight is 267 g/mol. The van der Waals surface area contributed by atoms with Crippen molar-refractivity contribution in [2.24, 2.45) is 0 Å². The number of hydrogen-bond acceptors (Lipinski definition) is 4. The average Bonchev–Trinajstić information content (AvgIpc) is 2.34. The van der Waals surface area contributed by atoms with Crippen LogP contribution in [0, 0.1) is 0 Å². The largest absolute Gasteiger partial charge is 0.480 e. The van der Waals surface area contributed by atoms with E-state index in [9.17, 15) is 14.4 Å². The highest BCUT2D eigenvalue weighted by atomic mass is 32.2. The van der Waals surface area contributed by atoms with Crippen LogP contribution in [0.1, 0.15) is 17.3 Å². The number of carboxylic acids is 1. The molecule has 0 aromatic heterocycles. The third-order valence-electron chi connectivity index (χ3n) is 2.07. The number of amides is 1. The number of aliphatic carboxylic acids is 1. The number of benzene rings is 1. The van der Waals surface area contributed by atoms with Gasteiger partial charge in [-0.2, -0.15) is 0 Å². The van der Waals surface area contributed by atoms with Crippen LogP contribution >= 0.6 is 11.8 Å². The molecular weight excluding hydrogens is 254 g/mol. The van der Waals surface area contributed by atoms with Gasteiger partial charge in [0.1, 0.15) is 6.04 Å². The molecule has 0 spiro atoms. The first-order valence-electron chi connectivity index (χ1n) is 5.23. The fourth-order valence-electron chi connectivity index (χ4n) is 1.24. The molecule has 18 heavy (non-hydrogen) atoms. The molecule has 5 nitrogen and oxygen atoms in total. The Morgan fingerprint density at radius 1 is 1.28 bits per heavy atom. The number of thioether (sulfide) groups is 1. The standard InChI is InChI=1S/C12H13NO4S/c1-8(14)13-10(11(15)16)7-18-12(17)9-5-3-2-4-6-9/h2-6,10H,7H2,1H3,(H,13,14)(H,15,16). The third-order valence-corrected chi connectivity index (χ3v) is 3.06. The molecule has 0 heterocycles. The van der Waals surface area contributed by atoms with Gasteiger partial charge in [-0.25, -0.2) is 4.79 Å². The Kier molecular flexibility index (Phi) is 5.38. The molecule has 1 aromatic rings. The molecule has 0 saturated heterocycles. The summed E-state index contributed by atoms with van der Waals surface area (Å²) in [6, 6.07) is 7.51. The molecule has 96 valence electrons. The van der Waals surface area contributed by atoms with Crippen LogP contribution in [-0.4, -0.2) is 33.9 Å². The predicted molar refractivity (Wildman–Crippen MR) is 68.5 cm³/mol. The van der Waals surface area contributed by atoms with E-state index >= 15 is 0 Å². The lowest BCUT2D eigenvalue weighted by atomic mass is 10.2. The Hall–Kier alpha value is -1.82. The lowest BCUT2D eigenvalue weighted by molar-refractivity contribution is -0.140. The summed E-state index contributed by atoms with van der Waals surface area (Å²) in [5, 5.41) is 10.9. The van der Waals surface area contributed by atoms with Crippen molar-refractivity contribution in [2.75, 3.05) is 5.75 Å². The molecule has 6 heteroatoms. The SMILES string of the molecule is CC(=O)NC(CSC(=O)c1ccccc1)C(=O)O. The maximum atomic E-state index is 11.7. The maximum absolute atomic E-state index is 11.7. The number of hydrogen-bond donors (Lipinski definition) is 2. The first kappa shape index (κ1) is 14.2. The number of nitrogens with one attached hydrogen (secondary N) is 1. The van der Waals surface area contributed by atoms with Crippen LogP contribution in [0.15, 0.2) is 30.3 Å². The van der Waals surface area contributed by atoms with Gasteiger partial charge in [-0.05, 0) is 0 Å². The van der Waals surface area contributed by atoms with Crippen molar-refractivity contribution in [2.45, 2.75) is 13.0 Å². The van der Waals surface area contributed by atoms with Gasteiger partial charge in [-0.15, -0.1) is 0 Å². The van der Waals surface area contributed by atoms with Gasteiger partial charge < -0.3 is 10.4 Å². The third kappa shape index (κ3) is 4.58. The van der Waals surface area contributed by atoms with E-state index in [1.807, 2.05) is 0 Å². The number of carboxylic acid groups (broad SMARTS) is 1. The number of rotatable bonds is 5. The van der Waals surface area contributed by atoms with E-state index in [0.29, 0.717) is 5.56 Å². The summed E-state index contributed by atoms with van der Waals surface area (Å²) in [5.41, 5.74) is 0.509. The minimum atomic E-state index is -1.15. The van der Waals surface area contributed by atoms with Crippen LogP contribution in [0.2, 0.25) is 0 Å². The number of carbonyl (C=O) groups excluding carboxylic acids is 2.